The van der Waals surface area contributed by atoms with Gasteiger partial charge in [-0.3, -0.25) is 4.79 Å². The van der Waals surface area contributed by atoms with Crippen molar-refractivity contribution < 1.29 is 9.53 Å². The summed E-state index contributed by atoms with van der Waals surface area (Å²) >= 11 is 0. The first-order valence-electron chi connectivity index (χ1n) is 6.90. The third-order valence-electron chi connectivity index (χ3n) is 2.92. The quantitative estimate of drug-likeness (QED) is 0.578. The third kappa shape index (κ3) is 4.80. The number of aromatic nitrogens is 2. The summed E-state index contributed by atoms with van der Waals surface area (Å²) in [6.45, 7) is 4.66. The number of carbonyl (C=O) groups is 1. The lowest BCUT2D eigenvalue weighted by molar-refractivity contribution is 0.0953. The van der Waals surface area contributed by atoms with Gasteiger partial charge in [0, 0.05) is 30.9 Å². The van der Waals surface area contributed by atoms with Crippen LogP contribution in [0.1, 0.15) is 22.6 Å². The van der Waals surface area contributed by atoms with Gasteiger partial charge in [-0.1, -0.05) is 12.7 Å². The van der Waals surface area contributed by atoms with E-state index in [0.29, 0.717) is 18.7 Å². The first-order valence-corrected chi connectivity index (χ1v) is 6.90. The molecule has 0 aliphatic carbocycles. The van der Waals surface area contributed by atoms with E-state index in [0.717, 1.165) is 24.4 Å². The summed E-state index contributed by atoms with van der Waals surface area (Å²) in [5.74, 6) is 1.59. The van der Waals surface area contributed by atoms with Gasteiger partial charge in [0.1, 0.15) is 18.2 Å². The second kappa shape index (κ2) is 7.89. The van der Waals surface area contributed by atoms with Crippen molar-refractivity contribution in [3.8, 4) is 5.75 Å². The van der Waals surface area contributed by atoms with Crippen molar-refractivity contribution in [2.24, 2.45) is 0 Å². The summed E-state index contributed by atoms with van der Waals surface area (Å²) in [4.78, 5) is 19.1. The zero-order valence-corrected chi connectivity index (χ0v) is 11.8. The lowest BCUT2D eigenvalue weighted by atomic mass is 10.2. The normalized spacial score (nSPS) is 10.1. The molecule has 0 saturated carbocycles. The number of benzene rings is 1. The van der Waals surface area contributed by atoms with Gasteiger partial charge in [-0.15, -0.1) is 0 Å². The highest BCUT2D eigenvalue weighted by molar-refractivity contribution is 5.94. The largest absolute Gasteiger partial charge is 0.490 e. The molecular formula is C16H19N3O2. The Morgan fingerprint density at radius 2 is 2.19 bits per heavy atom. The number of aromatic amines is 1. The molecule has 0 spiro atoms. The van der Waals surface area contributed by atoms with Crippen LogP contribution >= 0.6 is 0 Å². The van der Waals surface area contributed by atoms with Crippen molar-refractivity contribution in [3.05, 3.63) is 60.7 Å². The van der Waals surface area contributed by atoms with Crippen molar-refractivity contribution in [2.45, 2.75) is 12.8 Å². The molecule has 1 aromatic carbocycles. The van der Waals surface area contributed by atoms with Crippen LogP contribution in [0, 0.1) is 0 Å². The van der Waals surface area contributed by atoms with Crippen molar-refractivity contribution in [3.63, 3.8) is 0 Å². The fraction of sp³-hybridized carbons (Fsp3) is 0.250. The van der Waals surface area contributed by atoms with Gasteiger partial charge >= 0.3 is 0 Å². The molecule has 0 unspecified atom stereocenters. The number of carbonyl (C=O) groups excluding carboxylic acids is 1. The number of rotatable bonds is 8. The minimum absolute atomic E-state index is 0.0790. The highest BCUT2D eigenvalue weighted by Crippen LogP contribution is 2.12. The van der Waals surface area contributed by atoms with Gasteiger partial charge in [0.05, 0.1) is 0 Å². The summed E-state index contributed by atoms with van der Waals surface area (Å²) in [6.07, 6.45) is 6.87. The Kier molecular flexibility index (Phi) is 5.58. The molecule has 21 heavy (non-hydrogen) atoms. The van der Waals surface area contributed by atoms with Crippen molar-refractivity contribution in [1.29, 1.82) is 0 Å². The summed E-state index contributed by atoms with van der Waals surface area (Å²) in [6, 6.07) is 7.06. The zero-order chi connectivity index (χ0) is 14.9. The number of amides is 1. The average Bonchev–Trinajstić information content (AvgIpc) is 3.03. The van der Waals surface area contributed by atoms with Crippen LogP contribution in [0.4, 0.5) is 0 Å². The fourth-order valence-corrected chi connectivity index (χ4v) is 1.85. The molecular weight excluding hydrogens is 266 g/mol. The Morgan fingerprint density at radius 3 is 2.86 bits per heavy atom. The molecule has 1 amide bonds. The Labute approximate surface area is 124 Å². The molecule has 0 aliphatic heterocycles. The molecule has 0 aliphatic rings. The topological polar surface area (TPSA) is 67.0 Å². The first-order chi connectivity index (χ1) is 10.3. The van der Waals surface area contributed by atoms with E-state index in [1.807, 2.05) is 0 Å². The molecule has 0 saturated heterocycles. The van der Waals surface area contributed by atoms with Gasteiger partial charge in [-0.2, -0.15) is 0 Å². The van der Waals surface area contributed by atoms with Crippen molar-refractivity contribution >= 4 is 5.91 Å². The number of nitrogens with zero attached hydrogens (tertiary/aromatic N) is 1. The molecule has 2 N–H and O–H groups in total. The lowest BCUT2D eigenvalue weighted by Crippen LogP contribution is -2.24. The second-order valence-electron chi connectivity index (χ2n) is 4.52. The van der Waals surface area contributed by atoms with E-state index < -0.39 is 0 Å². The predicted molar refractivity (Wildman–Crippen MR) is 81.4 cm³/mol. The van der Waals surface area contributed by atoms with Crippen LogP contribution in [0.2, 0.25) is 0 Å². The van der Waals surface area contributed by atoms with Gasteiger partial charge in [-0.05, 0) is 30.7 Å². The van der Waals surface area contributed by atoms with E-state index in [9.17, 15) is 4.79 Å². The van der Waals surface area contributed by atoms with Crippen molar-refractivity contribution in [1.82, 2.24) is 15.3 Å². The van der Waals surface area contributed by atoms with Gasteiger partial charge in [0.15, 0.2) is 0 Å². The second-order valence-corrected chi connectivity index (χ2v) is 4.52. The number of imidazole rings is 1. The van der Waals surface area contributed by atoms with Crippen molar-refractivity contribution in [2.75, 3.05) is 13.2 Å². The fourth-order valence-electron chi connectivity index (χ4n) is 1.85. The van der Waals surface area contributed by atoms with E-state index in [1.54, 1.807) is 42.7 Å². The number of H-pyrrole nitrogens is 1. The van der Waals surface area contributed by atoms with Gasteiger partial charge < -0.3 is 15.0 Å². The van der Waals surface area contributed by atoms with Crippen LogP contribution in [-0.4, -0.2) is 29.0 Å². The van der Waals surface area contributed by atoms with E-state index in [1.165, 1.54) is 0 Å². The van der Waals surface area contributed by atoms with Gasteiger partial charge in [0.2, 0.25) is 0 Å². The molecule has 0 bridgehead atoms. The standard InChI is InChI=1S/C16H19N3O2/c1-2-12-21-14-7-5-13(6-8-14)16(20)19-9-3-4-15-17-10-11-18-15/h2,5-8,10-11H,1,3-4,9,12H2,(H,17,18)(H,19,20). The smallest absolute Gasteiger partial charge is 0.251 e. The summed E-state index contributed by atoms with van der Waals surface area (Å²) < 4.78 is 5.37. The molecule has 1 aromatic heterocycles. The van der Waals surface area contributed by atoms with E-state index in [2.05, 4.69) is 21.9 Å². The van der Waals surface area contributed by atoms with E-state index in [-0.39, 0.29) is 5.91 Å². The molecule has 2 aromatic rings. The highest BCUT2D eigenvalue weighted by Gasteiger charge is 2.05. The summed E-state index contributed by atoms with van der Waals surface area (Å²) in [5.41, 5.74) is 0.624. The maximum Gasteiger partial charge on any atom is 0.251 e. The van der Waals surface area contributed by atoms with Gasteiger partial charge in [0.25, 0.3) is 5.91 Å². The zero-order valence-electron chi connectivity index (χ0n) is 11.8. The number of ether oxygens (including phenoxy) is 1. The minimum atomic E-state index is -0.0790. The molecule has 5 nitrogen and oxygen atoms in total. The number of hydrogen-bond acceptors (Lipinski definition) is 3. The molecule has 1 heterocycles. The monoisotopic (exact) mass is 285 g/mol. The SMILES string of the molecule is C=CCOc1ccc(C(=O)NCCCc2ncc[nH]2)cc1. The average molecular weight is 285 g/mol. The number of hydrogen-bond donors (Lipinski definition) is 2. The van der Waals surface area contributed by atoms with Gasteiger partial charge in [-0.25, -0.2) is 4.98 Å². The lowest BCUT2D eigenvalue weighted by Gasteiger charge is -2.06. The molecule has 110 valence electrons. The Morgan fingerprint density at radius 1 is 1.38 bits per heavy atom. The Hall–Kier alpha value is -2.56. The van der Waals surface area contributed by atoms with E-state index >= 15 is 0 Å². The molecule has 0 radical (unpaired) electrons. The van der Waals surface area contributed by atoms with Crippen LogP contribution in [0.15, 0.2) is 49.3 Å². The van der Waals surface area contributed by atoms with Crippen LogP contribution in [0.3, 0.4) is 0 Å². The minimum Gasteiger partial charge on any atom is -0.490 e. The summed E-state index contributed by atoms with van der Waals surface area (Å²) in [7, 11) is 0. The molecule has 5 heteroatoms. The first kappa shape index (κ1) is 14.8. The van der Waals surface area contributed by atoms with Crippen LogP contribution in [0.5, 0.6) is 5.75 Å². The molecule has 0 fully saturated rings. The molecule has 2 rings (SSSR count). The maximum absolute atomic E-state index is 11.9. The third-order valence-corrected chi connectivity index (χ3v) is 2.92. The van der Waals surface area contributed by atoms with Crippen LogP contribution < -0.4 is 10.1 Å². The summed E-state index contributed by atoms with van der Waals surface area (Å²) in [5, 5.41) is 2.89. The van der Waals surface area contributed by atoms with Crippen LogP contribution in [0.25, 0.3) is 0 Å². The number of nitrogens with one attached hydrogen (secondary N) is 2. The highest BCUT2D eigenvalue weighted by atomic mass is 16.5. The van der Waals surface area contributed by atoms with E-state index in [4.69, 9.17) is 4.74 Å². The van der Waals surface area contributed by atoms with Crippen LogP contribution in [-0.2, 0) is 6.42 Å². The predicted octanol–water partition coefficient (Wildman–Crippen LogP) is 2.34. The Bertz CT molecular complexity index is 562. The number of aryl methyl sites for hydroxylation is 1. The molecule has 0 atom stereocenters. The maximum atomic E-state index is 11.9. The Balaban J connectivity index is 1.73.